The number of nitrogens with one attached hydrogen (secondary N) is 2. The highest BCUT2D eigenvalue weighted by atomic mass is 16.6. The molecule has 0 atom stereocenters. The lowest BCUT2D eigenvalue weighted by Crippen LogP contribution is -2.17. The van der Waals surface area contributed by atoms with Gasteiger partial charge in [0.25, 0.3) is 11.6 Å². The lowest BCUT2D eigenvalue weighted by molar-refractivity contribution is -0.384. The van der Waals surface area contributed by atoms with Crippen LogP contribution in [0.5, 0.6) is 0 Å². The Morgan fingerprint density at radius 3 is 2.75 bits per heavy atom. The van der Waals surface area contributed by atoms with E-state index in [9.17, 15) is 14.9 Å². The molecule has 8 nitrogen and oxygen atoms in total. The summed E-state index contributed by atoms with van der Waals surface area (Å²) in [4.78, 5) is 26.1. The summed E-state index contributed by atoms with van der Waals surface area (Å²) in [6, 6.07) is 7.09. The summed E-state index contributed by atoms with van der Waals surface area (Å²) in [6.07, 6.45) is 3.03. The Hall–Kier alpha value is -3.00. The molecule has 4 N–H and O–H groups in total. The second-order valence-electron chi connectivity index (χ2n) is 3.83. The van der Waals surface area contributed by atoms with Crippen molar-refractivity contribution in [2.45, 2.75) is 0 Å². The van der Waals surface area contributed by atoms with Crippen molar-refractivity contribution in [3.63, 3.8) is 0 Å². The van der Waals surface area contributed by atoms with Crippen LogP contribution in [0.25, 0.3) is 0 Å². The first-order valence-corrected chi connectivity index (χ1v) is 5.58. The van der Waals surface area contributed by atoms with Gasteiger partial charge in [0.1, 0.15) is 0 Å². The SMILES string of the molecule is NNc1ccc([N+](=O)[O-])cc1C(=O)Nc1cccnc1. The summed E-state index contributed by atoms with van der Waals surface area (Å²) >= 11 is 0. The summed E-state index contributed by atoms with van der Waals surface area (Å²) in [5.41, 5.74) is 2.98. The Morgan fingerprint density at radius 1 is 1.35 bits per heavy atom. The molecule has 0 aliphatic rings. The van der Waals surface area contributed by atoms with Crippen molar-refractivity contribution in [2.75, 3.05) is 10.7 Å². The van der Waals surface area contributed by atoms with E-state index in [0.717, 1.165) is 6.07 Å². The molecule has 2 rings (SSSR count). The van der Waals surface area contributed by atoms with Crippen molar-refractivity contribution in [2.24, 2.45) is 5.84 Å². The van der Waals surface area contributed by atoms with Gasteiger partial charge < -0.3 is 10.7 Å². The van der Waals surface area contributed by atoms with E-state index in [4.69, 9.17) is 5.84 Å². The average molecular weight is 273 g/mol. The van der Waals surface area contributed by atoms with E-state index in [1.807, 2.05) is 0 Å². The maximum atomic E-state index is 12.1. The number of nitro benzene ring substituents is 1. The summed E-state index contributed by atoms with van der Waals surface area (Å²) in [5.74, 6) is 4.78. The number of amides is 1. The third kappa shape index (κ3) is 2.87. The molecule has 20 heavy (non-hydrogen) atoms. The van der Waals surface area contributed by atoms with E-state index in [1.54, 1.807) is 18.3 Å². The normalized spacial score (nSPS) is 9.85. The van der Waals surface area contributed by atoms with Crippen LogP contribution in [-0.4, -0.2) is 15.8 Å². The summed E-state index contributed by atoms with van der Waals surface area (Å²) < 4.78 is 0. The molecule has 0 aliphatic carbocycles. The van der Waals surface area contributed by atoms with Crippen molar-refractivity contribution in [3.8, 4) is 0 Å². The zero-order valence-corrected chi connectivity index (χ0v) is 10.2. The zero-order chi connectivity index (χ0) is 14.5. The predicted octanol–water partition coefficient (Wildman–Crippen LogP) is 1.53. The lowest BCUT2D eigenvalue weighted by atomic mass is 10.1. The second kappa shape index (κ2) is 5.76. The first-order chi connectivity index (χ1) is 9.61. The van der Waals surface area contributed by atoms with E-state index in [1.165, 1.54) is 18.3 Å². The van der Waals surface area contributed by atoms with Gasteiger partial charge in [-0.15, -0.1) is 0 Å². The number of nitrogen functional groups attached to an aromatic ring is 1. The third-order valence-electron chi connectivity index (χ3n) is 2.53. The number of rotatable bonds is 4. The molecule has 0 unspecified atom stereocenters. The molecule has 1 amide bonds. The number of hydrazine groups is 1. The van der Waals surface area contributed by atoms with Crippen LogP contribution in [0.3, 0.4) is 0 Å². The number of anilines is 2. The number of hydrogen-bond acceptors (Lipinski definition) is 6. The molecule has 1 aromatic carbocycles. The van der Waals surface area contributed by atoms with Gasteiger partial charge in [-0.1, -0.05) is 0 Å². The number of hydrogen-bond donors (Lipinski definition) is 3. The van der Waals surface area contributed by atoms with Crippen molar-refractivity contribution in [3.05, 3.63) is 58.4 Å². The molecular weight excluding hydrogens is 262 g/mol. The molecular formula is C12H11N5O3. The standard InChI is InChI=1S/C12H11N5O3/c13-16-11-4-3-9(17(19)20)6-10(11)12(18)15-8-2-1-5-14-7-8/h1-7,16H,13H2,(H,15,18). The van der Waals surface area contributed by atoms with Gasteiger partial charge >= 0.3 is 0 Å². The Balaban J connectivity index is 2.32. The molecule has 0 saturated heterocycles. The van der Waals surface area contributed by atoms with Crippen LogP contribution >= 0.6 is 0 Å². The van der Waals surface area contributed by atoms with Crippen molar-refractivity contribution >= 4 is 23.0 Å². The van der Waals surface area contributed by atoms with Crippen LogP contribution in [0.4, 0.5) is 17.1 Å². The molecule has 102 valence electrons. The van der Waals surface area contributed by atoms with Gasteiger partial charge in [0.05, 0.1) is 28.1 Å². The predicted molar refractivity (Wildman–Crippen MR) is 73.1 cm³/mol. The number of benzene rings is 1. The van der Waals surface area contributed by atoms with Gasteiger partial charge in [0.15, 0.2) is 0 Å². The van der Waals surface area contributed by atoms with Gasteiger partial charge in [0, 0.05) is 18.3 Å². The largest absolute Gasteiger partial charge is 0.323 e. The molecule has 1 aromatic heterocycles. The molecule has 0 fully saturated rings. The minimum absolute atomic E-state index is 0.0746. The molecule has 0 bridgehead atoms. The van der Waals surface area contributed by atoms with E-state index in [0.29, 0.717) is 5.69 Å². The number of pyridine rings is 1. The van der Waals surface area contributed by atoms with E-state index >= 15 is 0 Å². The minimum atomic E-state index is -0.582. The van der Waals surface area contributed by atoms with Crippen molar-refractivity contribution in [1.29, 1.82) is 0 Å². The van der Waals surface area contributed by atoms with Gasteiger partial charge in [-0.3, -0.25) is 25.7 Å². The molecule has 2 aromatic rings. The first kappa shape index (κ1) is 13.4. The van der Waals surface area contributed by atoms with Crippen LogP contribution in [0.15, 0.2) is 42.7 Å². The second-order valence-corrected chi connectivity index (χ2v) is 3.83. The van der Waals surface area contributed by atoms with Crippen LogP contribution in [0, 0.1) is 10.1 Å². The van der Waals surface area contributed by atoms with Crippen molar-refractivity contribution < 1.29 is 9.72 Å². The van der Waals surface area contributed by atoms with E-state index < -0.39 is 10.8 Å². The van der Waals surface area contributed by atoms with Crippen LogP contribution in [0.2, 0.25) is 0 Å². The van der Waals surface area contributed by atoms with Gasteiger partial charge in [-0.25, -0.2) is 0 Å². The highest BCUT2D eigenvalue weighted by Gasteiger charge is 2.16. The molecule has 0 radical (unpaired) electrons. The maximum absolute atomic E-state index is 12.1. The monoisotopic (exact) mass is 273 g/mol. The smallest absolute Gasteiger partial charge is 0.270 e. The Bertz CT molecular complexity index is 645. The molecule has 0 saturated carbocycles. The Kier molecular flexibility index (Phi) is 3.87. The summed E-state index contributed by atoms with van der Waals surface area (Å²) in [7, 11) is 0. The number of non-ortho nitro benzene ring substituents is 1. The van der Waals surface area contributed by atoms with Gasteiger partial charge in [-0.2, -0.15) is 0 Å². The number of carbonyl (C=O) groups excluding carboxylic acids is 1. The summed E-state index contributed by atoms with van der Waals surface area (Å²) in [5, 5.41) is 13.3. The van der Waals surface area contributed by atoms with Crippen molar-refractivity contribution in [1.82, 2.24) is 4.98 Å². The number of nitro groups is 1. The first-order valence-electron chi connectivity index (χ1n) is 5.58. The molecule has 1 heterocycles. The highest BCUT2D eigenvalue weighted by Crippen LogP contribution is 2.22. The average Bonchev–Trinajstić information content (AvgIpc) is 2.47. The fourth-order valence-electron chi connectivity index (χ4n) is 1.59. The van der Waals surface area contributed by atoms with Gasteiger partial charge in [-0.05, 0) is 18.2 Å². The van der Waals surface area contributed by atoms with Gasteiger partial charge in [0.2, 0.25) is 0 Å². The van der Waals surface area contributed by atoms with Crippen LogP contribution in [-0.2, 0) is 0 Å². The van der Waals surface area contributed by atoms with E-state index in [2.05, 4.69) is 15.7 Å². The number of nitrogens with zero attached hydrogens (tertiary/aromatic N) is 2. The third-order valence-corrected chi connectivity index (χ3v) is 2.53. The Labute approximate surface area is 113 Å². The number of aromatic nitrogens is 1. The Morgan fingerprint density at radius 2 is 2.15 bits per heavy atom. The number of carbonyl (C=O) groups is 1. The lowest BCUT2D eigenvalue weighted by Gasteiger charge is -2.09. The molecule has 0 aliphatic heterocycles. The zero-order valence-electron chi connectivity index (χ0n) is 10.2. The summed E-state index contributed by atoms with van der Waals surface area (Å²) in [6.45, 7) is 0. The number of nitrogens with two attached hydrogens (primary N) is 1. The molecule has 0 spiro atoms. The van der Waals surface area contributed by atoms with Crippen LogP contribution < -0.4 is 16.6 Å². The van der Waals surface area contributed by atoms with E-state index in [-0.39, 0.29) is 16.9 Å². The maximum Gasteiger partial charge on any atom is 0.270 e. The van der Waals surface area contributed by atoms with Crippen LogP contribution in [0.1, 0.15) is 10.4 Å². The topological polar surface area (TPSA) is 123 Å². The minimum Gasteiger partial charge on any atom is -0.323 e. The fourth-order valence-corrected chi connectivity index (χ4v) is 1.59. The molecule has 8 heteroatoms. The fraction of sp³-hybridized carbons (Fsp3) is 0. The highest BCUT2D eigenvalue weighted by molar-refractivity contribution is 6.08. The quantitative estimate of drug-likeness (QED) is 0.441.